The molecule has 1 heterocycles. The summed E-state index contributed by atoms with van der Waals surface area (Å²) in [5.74, 6) is 0.605. The van der Waals surface area contributed by atoms with Crippen LogP contribution in [0.5, 0.6) is 11.5 Å². The van der Waals surface area contributed by atoms with Gasteiger partial charge in [0.05, 0.1) is 24.8 Å². The van der Waals surface area contributed by atoms with Gasteiger partial charge < -0.3 is 20.1 Å². The number of methoxy groups -OCH3 is 2. The minimum absolute atomic E-state index is 0.131. The lowest BCUT2D eigenvalue weighted by Crippen LogP contribution is -2.32. The first-order valence-electron chi connectivity index (χ1n) is 9.45. The number of hydrogen-bond donors (Lipinski definition) is 3. The molecule has 0 aliphatic carbocycles. The molecule has 0 bridgehead atoms. The van der Waals surface area contributed by atoms with E-state index in [-0.39, 0.29) is 16.9 Å². The maximum atomic E-state index is 12.3. The van der Waals surface area contributed by atoms with Crippen LogP contribution in [-0.4, -0.2) is 31.1 Å². The van der Waals surface area contributed by atoms with E-state index in [2.05, 4.69) is 16.0 Å². The zero-order valence-electron chi connectivity index (χ0n) is 17.4. The van der Waals surface area contributed by atoms with Gasteiger partial charge in [0.15, 0.2) is 5.11 Å². The number of ether oxygens (including phenoxy) is 2. The zero-order chi connectivity index (χ0) is 22.9. The van der Waals surface area contributed by atoms with Crippen LogP contribution in [0.4, 0.5) is 11.4 Å². The number of carbonyl (C=O) groups excluding carboxylic acids is 2. The van der Waals surface area contributed by atoms with Gasteiger partial charge in [0.25, 0.3) is 5.91 Å². The fourth-order valence-electron chi connectivity index (χ4n) is 2.67. The molecule has 0 saturated heterocycles. The second kappa shape index (κ2) is 11.1. The Hall–Kier alpha value is -3.69. The second-order valence-corrected chi connectivity index (χ2v) is 7.75. The van der Waals surface area contributed by atoms with Crippen molar-refractivity contribution in [3.05, 3.63) is 76.5 Å². The van der Waals surface area contributed by atoms with Crippen molar-refractivity contribution in [2.75, 3.05) is 24.9 Å². The van der Waals surface area contributed by atoms with Crippen LogP contribution in [-0.2, 0) is 4.79 Å². The van der Waals surface area contributed by atoms with E-state index >= 15 is 0 Å². The van der Waals surface area contributed by atoms with Crippen molar-refractivity contribution in [1.29, 1.82) is 0 Å². The molecule has 3 rings (SSSR count). The number of benzene rings is 2. The smallest absolute Gasteiger partial charge is 0.265 e. The van der Waals surface area contributed by atoms with Gasteiger partial charge in [0, 0.05) is 17.8 Å². The zero-order valence-corrected chi connectivity index (χ0v) is 19.0. The molecule has 0 aliphatic rings. The standard InChI is InChI=1S/C23H21N3O4S2/c1-29-17-9-5-15(6-10-17)7-12-21(27)26-23(31)24-16-8-11-18(19(14-16)30-2)25-22(28)20-4-3-13-32-20/h3-14H,1-2H3,(H,25,28)(H2,24,26,27,31)/b12-7+. The van der Waals surface area contributed by atoms with Gasteiger partial charge in [-0.15, -0.1) is 11.3 Å². The summed E-state index contributed by atoms with van der Waals surface area (Å²) in [4.78, 5) is 25.0. The molecule has 0 saturated carbocycles. The molecular weight excluding hydrogens is 446 g/mol. The summed E-state index contributed by atoms with van der Waals surface area (Å²) in [6, 6.07) is 15.9. The Balaban J connectivity index is 1.57. The van der Waals surface area contributed by atoms with E-state index in [1.807, 2.05) is 35.7 Å². The van der Waals surface area contributed by atoms with Crippen LogP contribution in [0.3, 0.4) is 0 Å². The first-order valence-corrected chi connectivity index (χ1v) is 10.7. The van der Waals surface area contributed by atoms with Gasteiger partial charge in [-0.25, -0.2) is 0 Å². The van der Waals surface area contributed by atoms with Crippen LogP contribution < -0.4 is 25.4 Å². The van der Waals surface area contributed by atoms with E-state index in [1.165, 1.54) is 24.5 Å². The second-order valence-electron chi connectivity index (χ2n) is 6.40. The lowest BCUT2D eigenvalue weighted by atomic mass is 10.2. The maximum absolute atomic E-state index is 12.3. The molecule has 3 N–H and O–H groups in total. The molecule has 0 unspecified atom stereocenters. The summed E-state index contributed by atoms with van der Waals surface area (Å²) >= 11 is 6.56. The largest absolute Gasteiger partial charge is 0.497 e. The molecular formula is C23H21N3O4S2. The van der Waals surface area contributed by atoms with Gasteiger partial charge in [-0.05, 0) is 59.6 Å². The van der Waals surface area contributed by atoms with Crippen LogP contribution in [0.15, 0.2) is 66.1 Å². The Labute approximate surface area is 195 Å². The van der Waals surface area contributed by atoms with Gasteiger partial charge >= 0.3 is 0 Å². The third-order valence-corrected chi connectivity index (χ3v) is 5.31. The SMILES string of the molecule is COc1ccc(/C=C/C(=O)NC(=S)Nc2ccc(NC(=O)c3cccs3)c(OC)c2)cc1. The Kier molecular flexibility index (Phi) is 7.96. The van der Waals surface area contributed by atoms with Crippen LogP contribution in [0.25, 0.3) is 6.08 Å². The molecule has 2 aromatic carbocycles. The van der Waals surface area contributed by atoms with Gasteiger partial charge in [0.1, 0.15) is 11.5 Å². The van der Waals surface area contributed by atoms with Crippen molar-refractivity contribution < 1.29 is 19.1 Å². The number of amides is 2. The van der Waals surface area contributed by atoms with E-state index in [9.17, 15) is 9.59 Å². The fraction of sp³-hybridized carbons (Fsp3) is 0.0870. The van der Waals surface area contributed by atoms with Crippen LogP contribution in [0, 0.1) is 0 Å². The van der Waals surface area contributed by atoms with Gasteiger partial charge in [-0.2, -0.15) is 0 Å². The van der Waals surface area contributed by atoms with Crippen molar-refractivity contribution >= 4 is 57.9 Å². The molecule has 0 aliphatic heterocycles. The van der Waals surface area contributed by atoms with Crippen LogP contribution >= 0.6 is 23.6 Å². The lowest BCUT2D eigenvalue weighted by Gasteiger charge is -2.13. The highest BCUT2D eigenvalue weighted by molar-refractivity contribution is 7.80. The molecule has 9 heteroatoms. The van der Waals surface area contributed by atoms with Crippen molar-refractivity contribution in [3.63, 3.8) is 0 Å². The predicted molar refractivity (Wildman–Crippen MR) is 132 cm³/mol. The van der Waals surface area contributed by atoms with E-state index in [4.69, 9.17) is 21.7 Å². The summed E-state index contributed by atoms with van der Waals surface area (Å²) in [5.41, 5.74) is 1.97. The molecule has 0 radical (unpaired) electrons. The van der Waals surface area contributed by atoms with E-state index < -0.39 is 0 Å². The number of thiophene rings is 1. The number of rotatable bonds is 7. The minimum Gasteiger partial charge on any atom is -0.497 e. The fourth-order valence-corrected chi connectivity index (χ4v) is 3.50. The molecule has 1 aromatic heterocycles. The third kappa shape index (κ3) is 6.40. The van der Waals surface area contributed by atoms with Crippen LogP contribution in [0.1, 0.15) is 15.2 Å². The van der Waals surface area contributed by atoms with E-state index in [1.54, 1.807) is 37.5 Å². The number of thiocarbonyl (C=S) groups is 1. The highest BCUT2D eigenvalue weighted by Crippen LogP contribution is 2.28. The summed E-state index contributed by atoms with van der Waals surface area (Å²) in [5, 5.41) is 10.3. The lowest BCUT2D eigenvalue weighted by molar-refractivity contribution is -0.115. The van der Waals surface area contributed by atoms with Crippen molar-refractivity contribution in [3.8, 4) is 11.5 Å². The highest BCUT2D eigenvalue weighted by atomic mass is 32.1. The van der Waals surface area contributed by atoms with Crippen molar-refractivity contribution in [1.82, 2.24) is 5.32 Å². The number of anilines is 2. The molecule has 164 valence electrons. The van der Waals surface area contributed by atoms with Crippen molar-refractivity contribution in [2.24, 2.45) is 0 Å². The third-order valence-electron chi connectivity index (χ3n) is 4.23. The first-order chi connectivity index (χ1) is 15.5. The van der Waals surface area contributed by atoms with E-state index in [0.717, 1.165) is 11.3 Å². The molecule has 7 nitrogen and oxygen atoms in total. The number of nitrogens with one attached hydrogen (secondary N) is 3. The number of carbonyl (C=O) groups is 2. The average Bonchev–Trinajstić information content (AvgIpc) is 3.34. The predicted octanol–water partition coefficient (Wildman–Crippen LogP) is 4.54. The number of hydrogen-bond acceptors (Lipinski definition) is 6. The molecule has 0 atom stereocenters. The van der Waals surface area contributed by atoms with Crippen molar-refractivity contribution in [2.45, 2.75) is 0 Å². The van der Waals surface area contributed by atoms with Gasteiger partial charge in [0.2, 0.25) is 5.91 Å². The van der Waals surface area contributed by atoms with Gasteiger partial charge in [-0.3, -0.25) is 14.9 Å². The Bertz CT molecular complexity index is 1130. The molecule has 0 spiro atoms. The molecule has 2 amide bonds. The topological polar surface area (TPSA) is 88.7 Å². The minimum atomic E-state index is -0.370. The maximum Gasteiger partial charge on any atom is 0.265 e. The quantitative estimate of drug-likeness (QED) is 0.349. The Morgan fingerprint density at radius 3 is 2.44 bits per heavy atom. The monoisotopic (exact) mass is 467 g/mol. The highest BCUT2D eigenvalue weighted by Gasteiger charge is 2.12. The van der Waals surface area contributed by atoms with E-state index in [0.29, 0.717) is 22.0 Å². The molecule has 32 heavy (non-hydrogen) atoms. The summed E-state index contributed by atoms with van der Waals surface area (Å²) in [6.45, 7) is 0. The Morgan fingerprint density at radius 1 is 1.00 bits per heavy atom. The normalized spacial score (nSPS) is 10.4. The molecule has 3 aromatic rings. The summed E-state index contributed by atoms with van der Waals surface area (Å²) in [6.07, 6.45) is 3.06. The van der Waals surface area contributed by atoms with Gasteiger partial charge in [-0.1, -0.05) is 18.2 Å². The first kappa shape index (κ1) is 23.0. The molecule has 0 fully saturated rings. The van der Waals surface area contributed by atoms with Crippen LogP contribution in [0.2, 0.25) is 0 Å². The summed E-state index contributed by atoms with van der Waals surface area (Å²) in [7, 11) is 3.10. The Morgan fingerprint density at radius 2 is 1.78 bits per heavy atom. The summed E-state index contributed by atoms with van der Waals surface area (Å²) < 4.78 is 10.5. The average molecular weight is 468 g/mol.